The van der Waals surface area contributed by atoms with Gasteiger partial charge in [-0.1, -0.05) is 24.3 Å². The van der Waals surface area contributed by atoms with Crippen LogP contribution in [0, 0.1) is 5.82 Å². The normalized spacial score (nSPS) is 14.1. The number of carbonyl (C=O) groups is 1. The monoisotopic (exact) mass is 255 g/mol. The van der Waals surface area contributed by atoms with Crippen LogP contribution < -0.4 is 4.90 Å². The number of carbonyl (C=O) groups excluding carboxylic acids is 1. The van der Waals surface area contributed by atoms with Gasteiger partial charge in [0.15, 0.2) is 0 Å². The summed E-state index contributed by atoms with van der Waals surface area (Å²) in [7, 11) is 0. The van der Waals surface area contributed by atoms with Crippen LogP contribution in [0.15, 0.2) is 48.5 Å². The first-order valence-corrected chi connectivity index (χ1v) is 6.41. The maximum atomic E-state index is 13.4. The van der Waals surface area contributed by atoms with E-state index in [9.17, 15) is 9.18 Å². The maximum absolute atomic E-state index is 13.4. The lowest BCUT2D eigenvalue weighted by Crippen LogP contribution is -2.35. The molecular formula is C16H14FNO. The van der Waals surface area contributed by atoms with Crippen LogP contribution in [0.25, 0.3) is 0 Å². The molecule has 2 aromatic rings. The molecule has 0 aromatic heterocycles. The molecule has 3 rings (SSSR count). The molecular weight excluding hydrogens is 241 g/mol. The molecule has 0 aliphatic carbocycles. The number of halogens is 1. The summed E-state index contributed by atoms with van der Waals surface area (Å²) in [5.74, 6) is -0.362. The third kappa shape index (κ3) is 2.24. The first kappa shape index (κ1) is 11.9. The first-order valence-electron chi connectivity index (χ1n) is 6.41. The van der Waals surface area contributed by atoms with Gasteiger partial charge in [0.1, 0.15) is 5.82 Å². The van der Waals surface area contributed by atoms with Crippen LogP contribution in [0.2, 0.25) is 0 Å². The van der Waals surface area contributed by atoms with Gasteiger partial charge in [-0.25, -0.2) is 4.39 Å². The van der Waals surface area contributed by atoms with Crippen molar-refractivity contribution in [1.82, 2.24) is 0 Å². The van der Waals surface area contributed by atoms with Gasteiger partial charge in [0.2, 0.25) is 0 Å². The second-order valence-corrected chi connectivity index (χ2v) is 4.70. The fourth-order valence-electron chi connectivity index (χ4n) is 2.50. The molecule has 3 heteroatoms. The summed E-state index contributed by atoms with van der Waals surface area (Å²) in [6.45, 7) is 0.643. The molecule has 1 heterocycles. The molecule has 1 amide bonds. The number of nitrogens with zero attached hydrogens (tertiary/aromatic N) is 1. The highest BCUT2D eigenvalue weighted by Crippen LogP contribution is 2.29. The Kier molecular flexibility index (Phi) is 3.03. The highest BCUT2D eigenvalue weighted by Gasteiger charge is 2.23. The van der Waals surface area contributed by atoms with Gasteiger partial charge in [-0.05, 0) is 42.7 Å². The minimum Gasteiger partial charge on any atom is -0.308 e. The van der Waals surface area contributed by atoms with Crippen LogP contribution in [0.1, 0.15) is 22.3 Å². The van der Waals surface area contributed by atoms with E-state index in [1.54, 1.807) is 23.1 Å². The summed E-state index contributed by atoms with van der Waals surface area (Å²) >= 11 is 0. The summed E-state index contributed by atoms with van der Waals surface area (Å²) in [5, 5.41) is 0. The fraction of sp³-hybridized carbons (Fsp3) is 0.188. The van der Waals surface area contributed by atoms with E-state index in [1.165, 1.54) is 12.1 Å². The summed E-state index contributed by atoms with van der Waals surface area (Å²) in [4.78, 5) is 14.2. The number of amides is 1. The minimum atomic E-state index is -0.300. The SMILES string of the molecule is O=C(c1ccccc1)N1CCCc2ccc(F)cc21. The van der Waals surface area contributed by atoms with E-state index < -0.39 is 0 Å². The van der Waals surface area contributed by atoms with E-state index in [2.05, 4.69) is 0 Å². The maximum Gasteiger partial charge on any atom is 0.258 e. The summed E-state index contributed by atoms with van der Waals surface area (Å²) in [6.07, 6.45) is 1.81. The van der Waals surface area contributed by atoms with E-state index in [0.717, 1.165) is 18.4 Å². The zero-order valence-electron chi connectivity index (χ0n) is 10.5. The quantitative estimate of drug-likeness (QED) is 0.764. The van der Waals surface area contributed by atoms with E-state index >= 15 is 0 Å². The van der Waals surface area contributed by atoms with Gasteiger partial charge in [0, 0.05) is 12.1 Å². The summed E-state index contributed by atoms with van der Waals surface area (Å²) in [6, 6.07) is 13.8. The number of hydrogen-bond donors (Lipinski definition) is 0. The average Bonchev–Trinajstić information content (AvgIpc) is 2.47. The molecule has 0 N–H and O–H groups in total. The molecule has 2 nitrogen and oxygen atoms in total. The smallest absolute Gasteiger partial charge is 0.258 e. The lowest BCUT2D eigenvalue weighted by atomic mass is 10.0. The molecule has 96 valence electrons. The first-order chi connectivity index (χ1) is 9.25. The van der Waals surface area contributed by atoms with Gasteiger partial charge in [-0.15, -0.1) is 0 Å². The highest BCUT2D eigenvalue weighted by molar-refractivity contribution is 6.06. The zero-order chi connectivity index (χ0) is 13.2. The van der Waals surface area contributed by atoms with Gasteiger partial charge in [0.05, 0.1) is 5.69 Å². The lowest BCUT2D eigenvalue weighted by molar-refractivity contribution is 0.0985. The van der Waals surface area contributed by atoms with Crippen LogP contribution in [0.3, 0.4) is 0 Å². The Morgan fingerprint density at radius 1 is 1.11 bits per heavy atom. The number of rotatable bonds is 1. The Hall–Kier alpha value is -2.16. The lowest BCUT2D eigenvalue weighted by Gasteiger charge is -2.29. The fourth-order valence-corrected chi connectivity index (χ4v) is 2.50. The van der Waals surface area contributed by atoms with Crippen LogP contribution >= 0.6 is 0 Å². The Morgan fingerprint density at radius 3 is 2.68 bits per heavy atom. The standard InChI is InChI=1S/C16H14FNO/c17-14-9-8-12-7-4-10-18(15(12)11-14)16(19)13-5-2-1-3-6-13/h1-3,5-6,8-9,11H,4,7,10H2. The predicted octanol–water partition coefficient (Wildman–Crippen LogP) is 3.42. The van der Waals surface area contributed by atoms with Gasteiger partial charge in [-0.3, -0.25) is 4.79 Å². The van der Waals surface area contributed by atoms with Crippen molar-refractivity contribution in [3.8, 4) is 0 Å². The molecule has 0 fully saturated rings. The second-order valence-electron chi connectivity index (χ2n) is 4.70. The molecule has 0 saturated carbocycles. The summed E-state index contributed by atoms with van der Waals surface area (Å²) < 4.78 is 13.4. The van der Waals surface area contributed by atoms with E-state index in [4.69, 9.17) is 0 Å². The van der Waals surface area contributed by atoms with Crippen molar-refractivity contribution < 1.29 is 9.18 Å². The highest BCUT2D eigenvalue weighted by atomic mass is 19.1. The van der Waals surface area contributed by atoms with Crippen LogP contribution in [-0.4, -0.2) is 12.5 Å². The molecule has 2 aromatic carbocycles. The van der Waals surface area contributed by atoms with Crippen molar-refractivity contribution in [3.05, 3.63) is 65.5 Å². The Morgan fingerprint density at radius 2 is 1.89 bits per heavy atom. The van der Waals surface area contributed by atoms with E-state index in [1.807, 2.05) is 18.2 Å². The number of benzene rings is 2. The molecule has 0 unspecified atom stereocenters. The molecule has 19 heavy (non-hydrogen) atoms. The van der Waals surface area contributed by atoms with Crippen molar-refractivity contribution in [2.75, 3.05) is 11.4 Å². The number of aryl methyl sites for hydroxylation is 1. The van der Waals surface area contributed by atoms with Crippen LogP contribution in [-0.2, 0) is 6.42 Å². The van der Waals surface area contributed by atoms with Crippen molar-refractivity contribution in [1.29, 1.82) is 0 Å². The van der Waals surface area contributed by atoms with E-state index in [-0.39, 0.29) is 11.7 Å². The molecule has 1 aliphatic heterocycles. The Balaban J connectivity index is 2.00. The number of anilines is 1. The molecule has 0 atom stereocenters. The third-order valence-corrected chi connectivity index (χ3v) is 3.43. The van der Waals surface area contributed by atoms with Crippen molar-refractivity contribution in [3.63, 3.8) is 0 Å². The van der Waals surface area contributed by atoms with E-state index in [0.29, 0.717) is 17.8 Å². The van der Waals surface area contributed by atoms with Crippen molar-refractivity contribution in [2.45, 2.75) is 12.8 Å². The van der Waals surface area contributed by atoms with Crippen LogP contribution in [0.4, 0.5) is 10.1 Å². The summed E-state index contributed by atoms with van der Waals surface area (Å²) in [5.41, 5.74) is 2.39. The van der Waals surface area contributed by atoms with Gasteiger partial charge in [0.25, 0.3) is 5.91 Å². The number of fused-ring (bicyclic) bond motifs is 1. The predicted molar refractivity (Wildman–Crippen MR) is 72.8 cm³/mol. The molecule has 0 bridgehead atoms. The Bertz CT molecular complexity index is 609. The molecule has 0 saturated heterocycles. The molecule has 0 spiro atoms. The average molecular weight is 255 g/mol. The van der Waals surface area contributed by atoms with Crippen molar-refractivity contribution in [2.24, 2.45) is 0 Å². The number of hydrogen-bond acceptors (Lipinski definition) is 1. The topological polar surface area (TPSA) is 20.3 Å². The minimum absolute atomic E-state index is 0.0628. The molecule has 1 aliphatic rings. The van der Waals surface area contributed by atoms with Gasteiger partial charge in [-0.2, -0.15) is 0 Å². The largest absolute Gasteiger partial charge is 0.308 e. The Labute approximate surface area is 111 Å². The molecule has 0 radical (unpaired) electrons. The zero-order valence-corrected chi connectivity index (χ0v) is 10.5. The van der Waals surface area contributed by atoms with Crippen molar-refractivity contribution >= 4 is 11.6 Å². The third-order valence-electron chi connectivity index (χ3n) is 3.43. The van der Waals surface area contributed by atoms with Gasteiger partial charge < -0.3 is 4.90 Å². The van der Waals surface area contributed by atoms with Crippen LogP contribution in [0.5, 0.6) is 0 Å². The van der Waals surface area contributed by atoms with Gasteiger partial charge >= 0.3 is 0 Å². The second kappa shape index (κ2) is 4.84.